The van der Waals surface area contributed by atoms with Crippen molar-refractivity contribution in [3.63, 3.8) is 0 Å². The van der Waals surface area contributed by atoms with Crippen molar-refractivity contribution in [2.45, 2.75) is 51.2 Å². The lowest BCUT2D eigenvalue weighted by Gasteiger charge is -2.36. The van der Waals surface area contributed by atoms with Crippen molar-refractivity contribution in [2.75, 3.05) is 13.1 Å². The molecule has 0 aromatic carbocycles. The number of hydrogen-bond acceptors (Lipinski definition) is 3. The van der Waals surface area contributed by atoms with Gasteiger partial charge in [0.1, 0.15) is 0 Å². The maximum atomic E-state index is 9.85. The number of nitriles is 1. The van der Waals surface area contributed by atoms with Gasteiger partial charge in [-0.2, -0.15) is 5.26 Å². The molecule has 1 N–H and O–H groups in total. The fourth-order valence-electron chi connectivity index (χ4n) is 2.27. The first-order valence-electron chi connectivity index (χ1n) is 5.58. The van der Waals surface area contributed by atoms with Crippen LogP contribution in [0.4, 0.5) is 0 Å². The van der Waals surface area contributed by atoms with Gasteiger partial charge >= 0.3 is 0 Å². The molecular weight excluding hydrogens is 176 g/mol. The maximum Gasteiger partial charge on any atom is 0.0695 e. The third-order valence-corrected chi connectivity index (χ3v) is 3.08. The zero-order valence-electron chi connectivity index (χ0n) is 8.95. The van der Waals surface area contributed by atoms with E-state index in [1.165, 1.54) is 6.42 Å². The Balaban J connectivity index is 2.45. The second kappa shape index (κ2) is 6.00. The van der Waals surface area contributed by atoms with Crippen LogP contribution in [0.1, 0.15) is 39.0 Å². The molecule has 0 spiro atoms. The highest BCUT2D eigenvalue weighted by molar-refractivity contribution is 4.84. The van der Waals surface area contributed by atoms with Crippen molar-refractivity contribution >= 4 is 0 Å². The van der Waals surface area contributed by atoms with Crippen LogP contribution in [-0.4, -0.2) is 35.2 Å². The van der Waals surface area contributed by atoms with E-state index in [4.69, 9.17) is 5.26 Å². The van der Waals surface area contributed by atoms with Gasteiger partial charge in [0.2, 0.25) is 0 Å². The molecule has 0 aromatic heterocycles. The highest BCUT2D eigenvalue weighted by Crippen LogP contribution is 2.23. The summed E-state index contributed by atoms with van der Waals surface area (Å²) in [6.45, 7) is 3.83. The molecule has 1 aliphatic rings. The van der Waals surface area contributed by atoms with Crippen molar-refractivity contribution in [1.29, 1.82) is 5.26 Å². The van der Waals surface area contributed by atoms with Gasteiger partial charge in [-0.05, 0) is 19.4 Å². The summed E-state index contributed by atoms with van der Waals surface area (Å²) < 4.78 is 0. The van der Waals surface area contributed by atoms with Crippen molar-refractivity contribution in [1.82, 2.24) is 4.90 Å². The van der Waals surface area contributed by atoms with Gasteiger partial charge in [0.05, 0.1) is 12.2 Å². The zero-order valence-corrected chi connectivity index (χ0v) is 8.95. The Morgan fingerprint density at radius 1 is 1.43 bits per heavy atom. The van der Waals surface area contributed by atoms with Gasteiger partial charge in [-0.3, -0.25) is 4.90 Å². The molecule has 2 atom stereocenters. The minimum Gasteiger partial charge on any atom is -0.391 e. The lowest BCUT2D eigenvalue weighted by Crippen LogP contribution is -2.45. The third kappa shape index (κ3) is 2.97. The molecule has 1 aliphatic carbocycles. The molecule has 1 fully saturated rings. The number of likely N-dealkylation sites (N-methyl/N-ethyl adjacent to an activating group) is 1. The minimum absolute atomic E-state index is 0.178. The molecule has 0 aliphatic heterocycles. The first-order chi connectivity index (χ1) is 6.79. The van der Waals surface area contributed by atoms with Crippen LogP contribution in [0, 0.1) is 11.3 Å². The molecule has 0 bridgehead atoms. The smallest absolute Gasteiger partial charge is 0.0695 e. The summed E-state index contributed by atoms with van der Waals surface area (Å²) >= 11 is 0. The van der Waals surface area contributed by atoms with E-state index in [0.29, 0.717) is 12.5 Å². The lowest BCUT2D eigenvalue weighted by atomic mass is 9.91. The first-order valence-corrected chi connectivity index (χ1v) is 5.58. The van der Waals surface area contributed by atoms with Crippen molar-refractivity contribution in [2.24, 2.45) is 0 Å². The van der Waals surface area contributed by atoms with Crippen LogP contribution in [-0.2, 0) is 0 Å². The van der Waals surface area contributed by atoms with E-state index in [1.54, 1.807) is 0 Å². The molecule has 0 radical (unpaired) electrons. The third-order valence-electron chi connectivity index (χ3n) is 3.08. The van der Waals surface area contributed by atoms with E-state index < -0.39 is 0 Å². The van der Waals surface area contributed by atoms with E-state index in [9.17, 15) is 5.11 Å². The van der Waals surface area contributed by atoms with Gasteiger partial charge in [0, 0.05) is 19.0 Å². The molecule has 0 amide bonds. The van der Waals surface area contributed by atoms with Gasteiger partial charge in [-0.15, -0.1) is 0 Å². The normalized spacial score (nSPS) is 27.6. The van der Waals surface area contributed by atoms with E-state index in [0.717, 1.165) is 32.4 Å². The maximum absolute atomic E-state index is 9.85. The second-order valence-corrected chi connectivity index (χ2v) is 3.96. The molecule has 1 rings (SSSR count). The molecule has 0 saturated heterocycles. The van der Waals surface area contributed by atoms with E-state index in [-0.39, 0.29) is 6.10 Å². The van der Waals surface area contributed by atoms with Crippen LogP contribution < -0.4 is 0 Å². The lowest BCUT2D eigenvalue weighted by molar-refractivity contribution is 0.0231. The summed E-state index contributed by atoms with van der Waals surface area (Å²) in [7, 11) is 0. The summed E-state index contributed by atoms with van der Waals surface area (Å²) in [5.74, 6) is 0. The standard InChI is InChI=1S/C11H20N2O/c1-2-13(9-5-8-12)10-6-3-4-7-11(10)14/h10-11,14H,2-7,9H2,1H3/t10-,11-/m0/s1. The van der Waals surface area contributed by atoms with Gasteiger partial charge in [0.25, 0.3) is 0 Å². The van der Waals surface area contributed by atoms with Crippen LogP contribution in [0.25, 0.3) is 0 Å². The summed E-state index contributed by atoms with van der Waals surface area (Å²) in [5, 5.41) is 18.4. The first kappa shape index (κ1) is 11.5. The number of nitrogens with zero attached hydrogens (tertiary/aromatic N) is 2. The molecule has 14 heavy (non-hydrogen) atoms. The number of hydrogen-bond donors (Lipinski definition) is 1. The highest BCUT2D eigenvalue weighted by Gasteiger charge is 2.27. The number of aliphatic hydroxyl groups excluding tert-OH is 1. The average Bonchev–Trinajstić information content (AvgIpc) is 2.21. The van der Waals surface area contributed by atoms with E-state index in [1.807, 2.05) is 0 Å². The van der Waals surface area contributed by atoms with Crippen LogP contribution in [0.3, 0.4) is 0 Å². The summed E-state index contributed by atoms with van der Waals surface area (Å²) in [6.07, 6.45) is 4.76. The molecule has 0 heterocycles. The molecule has 1 saturated carbocycles. The minimum atomic E-state index is -0.178. The molecule has 3 nitrogen and oxygen atoms in total. The predicted octanol–water partition coefficient (Wildman–Crippen LogP) is 1.53. The molecular formula is C11H20N2O. The molecule has 0 unspecified atom stereocenters. The van der Waals surface area contributed by atoms with E-state index >= 15 is 0 Å². The van der Waals surface area contributed by atoms with Crippen LogP contribution in [0.2, 0.25) is 0 Å². The van der Waals surface area contributed by atoms with Gasteiger partial charge in [0.15, 0.2) is 0 Å². The van der Waals surface area contributed by atoms with Crippen LogP contribution in [0.5, 0.6) is 0 Å². The topological polar surface area (TPSA) is 47.3 Å². The van der Waals surface area contributed by atoms with E-state index in [2.05, 4.69) is 17.9 Å². The Morgan fingerprint density at radius 2 is 2.14 bits per heavy atom. The Kier molecular flexibility index (Phi) is 4.92. The second-order valence-electron chi connectivity index (χ2n) is 3.96. The summed E-state index contributed by atoms with van der Waals surface area (Å²) in [6, 6.07) is 2.46. The molecule has 80 valence electrons. The summed E-state index contributed by atoms with van der Waals surface area (Å²) in [5.41, 5.74) is 0. The molecule has 3 heteroatoms. The Labute approximate surface area is 86.3 Å². The van der Waals surface area contributed by atoms with Gasteiger partial charge in [-0.1, -0.05) is 19.8 Å². The SMILES string of the molecule is CCN(CCC#N)[C@H]1CCCC[C@@H]1O. The van der Waals surface area contributed by atoms with Crippen molar-refractivity contribution in [3.05, 3.63) is 0 Å². The van der Waals surface area contributed by atoms with Crippen LogP contribution in [0.15, 0.2) is 0 Å². The Bertz CT molecular complexity index is 200. The Morgan fingerprint density at radius 3 is 2.71 bits per heavy atom. The largest absolute Gasteiger partial charge is 0.391 e. The molecule has 0 aromatic rings. The van der Waals surface area contributed by atoms with Crippen molar-refractivity contribution in [3.8, 4) is 6.07 Å². The fraction of sp³-hybridized carbons (Fsp3) is 0.909. The van der Waals surface area contributed by atoms with Gasteiger partial charge in [-0.25, -0.2) is 0 Å². The number of aliphatic hydroxyl groups is 1. The van der Waals surface area contributed by atoms with Crippen molar-refractivity contribution < 1.29 is 5.11 Å². The monoisotopic (exact) mass is 196 g/mol. The average molecular weight is 196 g/mol. The van der Waals surface area contributed by atoms with Gasteiger partial charge < -0.3 is 5.11 Å². The number of rotatable bonds is 4. The quantitative estimate of drug-likeness (QED) is 0.741. The zero-order chi connectivity index (χ0) is 10.4. The highest BCUT2D eigenvalue weighted by atomic mass is 16.3. The predicted molar refractivity (Wildman–Crippen MR) is 55.7 cm³/mol. The summed E-state index contributed by atoms with van der Waals surface area (Å²) in [4.78, 5) is 2.24. The fourth-order valence-corrected chi connectivity index (χ4v) is 2.27. The Hall–Kier alpha value is -0.590. The van der Waals surface area contributed by atoms with Crippen LogP contribution >= 0.6 is 0 Å².